The van der Waals surface area contributed by atoms with Gasteiger partial charge < -0.3 is 20.4 Å². The topological polar surface area (TPSA) is 102 Å². The van der Waals surface area contributed by atoms with Crippen molar-refractivity contribution < 1.29 is 18.6 Å². The van der Waals surface area contributed by atoms with Crippen molar-refractivity contribution in [3.05, 3.63) is 24.3 Å². The first-order valence-corrected chi connectivity index (χ1v) is 11.0. The summed E-state index contributed by atoms with van der Waals surface area (Å²) in [5.41, 5.74) is 1.98. The molecule has 1 aromatic rings. The minimum absolute atomic E-state index is 0.0475. The molecule has 0 saturated heterocycles. The molecule has 0 aliphatic heterocycles. The summed E-state index contributed by atoms with van der Waals surface area (Å²) in [7, 11) is -3.25. The van der Waals surface area contributed by atoms with E-state index in [4.69, 9.17) is 10.2 Å². The van der Waals surface area contributed by atoms with E-state index in [1.807, 2.05) is 29.2 Å². The molecule has 1 rings (SSSR count). The number of benzene rings is 1. The van der Waals surface area contributed by atoms with Gasteiger partial charge in [-0.25, -0.2) is 13.1 Å². The number of aliphatic hydroxyl groups is 2. The SMILES string of the molecule is CC(C)(C)S(=O)(=O)NCCCCCNc1ccc(N(CCO)CCO)cc1. The standard InChI is InChI=1S/C19H35N3O4S/c1-19(2,3)27(25,26)21-12-6-4-5-11-20-17-7-9-18(10-8-17)22(13-15-23)14-16-24/h7-10,20-21,23-24H,4-6,11-16H2,1-3H3. The molecule has 4 N–H and O–H groups in total. The average Bonchev–Trinajstić information content (AvgIpc) is 2.60. The van der Waals surface area contributed by atoms with Gasteiger partial charge in [0.05, 0.1) is 18.0 Å². The van der Waals surface area contributed by atoms with E-state index in [1.165, 1.54) is 0 Å². The maximum Gasteiger partial charge on any atom is 0.216 e. The predicted octanol–water partition coefficient (Wildman–Crippen LogP) is 1.78. The zero-order valence-corrected chi connectivity index (χ0v) is 17.6. The van der Waals surface area contributed by atoms with E-state index in [1.54, 1.807) is 20.8 Å². The van der Waals surface area contributed by atoms with Crippen LogP contribution in [0.5, 0.6) is 0 Å². The summed E-state index contributed by atoms with van der Waals surface area (Å²) < 4.78 is 25.7. The van der Waals surface area contributed by atoms with Crippen molar-refractivity contribution in [3.63, 3.8) is 0 Å². The molecule has 0 heterocycles. The molecule has 0 aliphatic rings. The van der Waals surface area contributed by atoms with Gasteiger partial charge in [0.15, 0.2) is 0 Å². The number of unbranched alkanes of at least 4 members (excludes halogenated alkanes) is 2. The number of anilines is 2. The van der Waals surface area contributed by atoms with E-state index in [2.05, 4.69) is 10.0 Å². The molecule has 7 nitrogen and oxygen atoms in total. The molecule has 0 atom stereocenters. The molecule has 0 bridgehead atoms. The molecule has 0 spiro atoms. The number of hydrogen-bond acceptors (Lipinski definition) is 6. The first-order valence-electron chi connectivity index (χ1n) is 9.51. The molecular weight excluding hydrogens is 366 g/mol. The minimum Gasteiger partial charge on any atom is -0.395 e. The third-order valence-corrected chi connectivity index (χ3v) is 6.45. The second kappa shape index (κ2) is 11.5. The summed E-state index contributed by atoms with van der Waals surface area (Å²) >= 11 is 0. The number of hydrogen-bond donors (Lipinski definition) is 4. The van der Waals surface area contributed by atoms with Crippen molar-refractivity contribution in [1.29, 1.82) is 0 Å². The molecule has 0 radical (unpaired) electrons. The molecule has 0 amide bonds. The molecule has 0 aromatic heterocycles. The third kappa shape index (κ3) is 8.47. The van der Waals surface area contributed by atoms with Crippen molar-refractivity contribution in [2.45, 2.75) is 44.8 Å². The maximum atomic E-state index is 11.9. The lowest BCUT2D eigenvalue weighted by Crippen LogP contribution is -2.39. The third-order valence-electron chi connectivity index (χ3n) is 4.25. The van der Waals surface area contributed by atoms with Crippen LogP contribution in [0.3, 0.4) is 0 Å². The van der Waals surface area contributed by atoms with E-state index < -0.39 is 14.8 Å². The Kier molecular flexibility index (Phi) is 10.1. The van der Waals surface area contributed by atoms with Gasteiger partial charge in [-0.3, -0.25) is 0 Å². The first kappa shape index (κ1) is 23.7. The number of aliphatic hydroxyl groups excluding tert-OH is 2. The fourth-order valence-corrected chi connectivity index (χ4v) is 3.33. The molecule has 1 aromatic carbocycles. The van der Waals surface area contributed by atoms with Crippen molar-refractivity contribution in [3.8, 4) is 0 Å². The molecule has 0 aliphatic carbocycles. The van der Waals surface area contributed by atoms with Crippen LogP contribution in [0.2, 0.25) is 0 Å². The van der Waals surface area contributed by atoms with Gasteiger partial charge in [0.1, 0.15) is 0 Å². The van der Waals surface area contributed by atoms with E-state index in [-0.39, 0.29) is 13.2 Å². The Hall–Kier alpha value is -1.35. The summed E-state index contributed by atoms with van der Waals surface area (Å²) in [6, 6.07) is 7.90. The van der Waals surface area contributed by atoms with Gasteiger partial charge in [0.2, 0.25) is 10.0 Å². The fraction of sp³-hybridized carbons (Fsp3) is 0.684. The minimum atomic E-state index is -3.25. The zero-order valence-electron chi connectivity index (χ0n) is 16.7. The van der Waals surface area contributed by atoms with E-state index in [0.29, 0.717) is 19.6 Å². The highest BCUT2D eigenvalue weighted by molar-refractivity contribution is 7.90. The molecule has 8 heteroatoms. The second-order valence-electron chi connectivity index (χ2n) is 7.48. The Labute approximate surface area is 163 Å². The largest absolute Gasteiger partial charge is 0.395 e. The van der Waals surface area contributed by atoms with Crippen LogP contribution in [0, 0.1) is 0 Å². The molecular formula is C19H35N3O4S. The number of nitrogens with zero attached hydrogens (tertiary/aromatic N) is 1. The van der Waals surface area contributed by atoms with Crippen LogP contribution in [0.1, 0.15) is 40.0 Å². The van der Waals surface area contributed by atoms with Crippen LogP contribution in [0.15, 0.2) is 24.3 Å². The lowest BCUT2D eigenvalue weighted by Gasteiger charge is -2.23. The Morgan fingerprint density at radius 3 is 2.00 bits per heavy atom. The fourth-order valence-electron chi connectivity index (χ4n) is 2.48. The Bertz CT molecular complexity index is 621. The van der Waals surface area contributed by atoms with Crippen LogP contribution in [-0.4, -0.2) is 62.8 Å². The maximum absolute atomic E-state index is 11.9. The Morgan fingerprint density at radius 2 is 1.48 bits per heavy atom. The molecule has 0 saturated carbocycles. The van der Waals surface area contributed by atoms with E-state index >= 15 is 0 Å². The highest BCUT2D eigenvalue weighted by atomic mass is 32.2. The quantitative estimate of drug-likeness (QED) is 0.376. The normalized spacial score (nSPS) is 12.2. The lowest BCUT2D eigenvalue weighted by molar-refractivity contribution is 0.281. The van der Waals surface area contributed by atoms with Gasteiger partial charge in [-0.15, -0.1) is 0 Å². The van der Waals surface area contributed by atoms with Crippen molar-refractivity contribution >= 4 is 21.4 Å². The molecule has 0 fully saturated rings. The Morgan fingerprint density at radius 1 is 0.926 bits per heavy atom. The second-order valence-corrected chi connectivity index (χ2v) is 10.00. The van der Waals surface area contributed by atoms with Gasteiger partial charge >= 0.3 is 0 Å². The summed E-state index contributed by atoms with van der Waals surface area (Å²) in [6.07, 6.45) is 2.71. The van der Waals surface area contributed by atoms with Gasteiger partial charge in [-0.05, 0) is 57.9 Å². The number of nitrogens with one attached hydrogen (secondary N) is 2. The highest BCUT2D eigenvalue weighted by Gasteiger charge is 2.27. The van der Waals surface area contributed by atoms with E-state index in [9.17, 15) is 8.42 Å². The summed E-state index contributed by atoms with van der Waals surface area (Å²) in [4.78, 5) is 1.93. The average molecular weight is 402 g/mol. The highest BCUT2D eigenvalue weighted by Crippen LogP contribution is 2.18. The van der Waals surface area contributed by atoms with Crippen molar-refractivity contribution in [2.24, 2.45) is 0 Å². The van der Waals surface area contributed by atoms with E-state index in [0.717, 1.165) is 37.2 Å². The Balaban J connectivity index is 2.27. The van der Waals surface area contributed by atoms with Crippen molar-refractivity contribution in [1.82, 2.24) is 4.72 Å². The molecule has 27 heavy (non-hydrogen) atoms. The van der Waals surface area contributed by atoms with Gasteiger partial charge in [-0.1, -0.05) is 6.42 Å². The lowest BCUT2D eigenvalue weighted by atomic mass is 10.2. The molecule has 0 unspecified atom stereocenters. The predicted molar refractivity (Wildman–Crippen MR) is 112 cm³/mol. The van der Waals surface area contributed by atoms with Gasteiger partial charge in [0, 0.05) is 37.6 Å². The van der Waals surface area contributed by atoms with Crippen LogP contribution < -0.4 is 14.9 Å². The first-order chi connectivity index (χ1) is 12.7. The van der Waals surface area contributed by atoms with Crippen LogP contribution in [-0.2, 0) is 10.0 Å². The van der Waals surface area contributed by atoms with Crippen LogP contribution in [0.4, 0.5) is 11.4 Å². The van der Waals surface area contributed by atoms with Gasteiger partial charge in [0.25, 0.3) is 0 Å². The summed E-state index contributed by atoms with van der Waals surface area (Å²) in [5.74, 6) is 0. The van der Waals surface area contributed by atoms with Gasteiger partial charge in [-0.2, -0.15) is 0 Å². The summed E-state index contributed by atoms with van der Waals surface area (Å²) in [6.45, 7) is 7.45. The monoisotopic (exact) mass is 401 g/mol. The summed E-state index contributed by atoms with van der Waals surface area (Å²) in [5, 5.41) is 21.5. The number of rotatable bonds is 13. The van der Waals surface area contributed by atoms with Crippen LogP contribution in [0.25, 0.3) is 0 Å². The zero-order chi connectivity index (χ0) is 20.3. The van der Waals surface area contributed by atoms with Crippen LogP contribution >= 0.6 is 0 Å². The number of sulfonamides is 1. The smallest absolute Gasteiger partial charge is 0.216 e. The van der Waals surface area contributed by atoms with Crippen molar-refractivity contribution in [2.75, 3.05) is 49.6 Å². The molecule has 156 valence electrons.